The van der Waals surface area contributed by atoms with Gasteiger partial charge in [-0.1, -0.05) is 0 Å². The molecule has 5 nitrogen and oxygen atoms in total. The van der Waals surface area contributed by atoms with E-state index in [1.807, 2.05) is 0 Å². The molecule has 0 aromatic heterocycles. The summed E-state index contributed by atoms with van der Waals surface area (Å²) in [6.45, 7) is 4.48. The van der Waals surface area contributed by atoms with Crippen molar-refractivity contribution in [3.05, 3.63) is 11.5 Å². The molecular formula is C6H4NO4S. The van der Waals surface area contributed by atoms with Crippen molar-refractivity contribution < 1.29 is 19.5 Å². The van der Waals surface area contributed by atoms with E-state index in [4.69, 9.17) is 11.7 Å². The number of thioether (sulfide) groups is 1. The molecule has 1 aliphatic heterocycles. The van der Waals surface area contributed by atoms with Gasteiger partial charge in [-0.15, -0.1) is 0 Å². The number of hydrogen-bond donors (Lipinski definition) is 1. The minimum Gasteiger partial charge on any atom is -0.480 e. The van der Waals surface area contributed by atoms with Gasteiger partial charge in [-0.2, -0.15) is 0 Å². The van der Waals surface area contributed by atoms with Gasteiger partial charge in [0.2, 0.25) is 0 Å². The van der Waals surface area contributed by atoms with Crippen LogP contribution >= 0.6 is 11.8 Å². The molecule has 0 aliphatic carbocycles. The summed E-state index contributed by atoms with van der Waals surface area (Å²) in [6, 6.07) is 0. The molecule has 0 unspecified atom stereocenters. The molecule has 0 bridgehead atoms. The lowest BCUT2D eigenvalue weighted by Gasteiger charge is -2.07. The maximum absolute atomic E-state index is 10.9. The van der Waals surface area contributed by atoms with Crippen molar-refractivity contribution in [2.45, 2.75) is 0 Å². The van der Waals surface area contributed by atoms with E-state index in [-0.39, 0.29) is 4.91 Å². The number of rotatable bonds is 2. The van der Waals surface area contributed by atoms with Crippen LogP contribution in [0.4, 0.5) is 4.79 Å². The first-order valence-corrected chi connectivity index (χ1v) is 3.72. The van der Waals surface area contributed by atoms with Crippen LogP contribution in [0, 0.1) is 6.58 Å². The minimum atomic E-state index is -1.24. The molecule has 1 heterocycles. The minimum absolute atomic E-state index is 0.179. The van der Waals surface area contributed by atoms with Crippen LogP contribution in [-0.4, -0.2) is 33.7 Å². The first-order valence-electron chi connectivity index (χ1n) is 2.90. The predicted octanol–water partition coefficient (Wildman–Crippen LogP) is 0.0833. The second-order valence-electron chi connectivity index (χ2n) is 2.02. The fourth-order valence-corrected chi connectivity index (χ4v) is 1.32. The lowest BCUT2D eigenvalue weighted by atomic mass is 10.5. The zero-order chi connectivity index (χ0) is 9.30. The summed E-state index contributed by atoms with van der Waals surface area (Å²) in [4.78, 5) is 32.3. The molecule has 6 heteroatoms. The Balaban J connectivity index is 2.77. The summed E-state index contributed by atoms with van der Waals surface area (Å²) in [7, 11) is 0. The van der Waals surface area contributed by atoms with E-state index in [0.29, 0.717) is 16.7 Å². The average Bonchev–Trinajstić information content (AvgIpc) is 2.16. The van der Waals surface area contributed by atoms with Gasteiger partial charge in [0, 0.05) is 0 Å². The van der Waals surface area contributed by atoms with Crippen LogP contribution in [0.5, 0.6) is 0 Å². The van der Waals surface area contributed by atoms with Crippen LogP contribution in [0.25, 0.3) is 0 Å². The number of carbonyl (C=O) groups is 3. The van der Waals surface area contributed by atoms with Crippen molar-refractivity contribution >= 4 is 28.9 Å². The Bertz CT molecular complexity index is 285. The molecule has 1 aliphatic rings. The normalized spacial score (nSPS) is 17.3. The summed E-state index contributed by atoms with van der Waals surface area (Å²) in [6.07, 6.45) is 0. The van der Waals surface area contributed by atoms with E-state index in [0.717, 1.165) is 0 Å². The third-order valence-electron chi connectivity index (χ3n) is 1.17. The van der Waals surface area contributed by atoms with Crippen molar-refractivity contribution in [1.29, 1.82) is 0 Å². The Morgan fingerprint density at radius 2 is 2.17 bits per heavy atom. The van der Waals surface area contributed by atoms with Crippen molar-refractivity contribution in [1.82, 2.24) is 4.90 Å². The maximum Gasteiger partial charge on any atom is 0.323 e. The molecule has 1 N–H and O–H groups in total. The Morgan fingerprint density at radius 3 is 2.50 bits per heavy atom. The smallest absolute Gasteiger partial charge is 0.323 e. The standard InChI is InChI=1S/C6H4NO4S/c1-3-5(10)7(2-4(8)9)6(11)12-3/h1H,2H2,(H,8,9). The van der Waals surface area contributed by atoms with E-state index in [1.54, 1.807) is 0 Å². The number of carboxylic acids is 1. The topological polar surface area (TPSA) is 74.7 Å². The summed E-state index contributed by atoms with van der Waals surface area (Å²) >= 11 is 0.547. The summed E-state index contributed by atoms with van der Waals surface area (Å²) in [5, 5.41) is 7.65. The molecule has 0 saturated carbocycles. The molecule has 1 fully saturated rings. The Kier molecular flexibility index (Phi) is 2.18. The molecule has 2 amide bonds. The lowest BCUT2D eigenvalue weighted by Crippen LogP contribution is -2.33. The molecule has 0 aromatic carbocycles. The van der Waals surface area contributed by atoms with Crippen LogP contribution < -0.4 is 0 Å². The Hall–Kier alpha value is -1.30. The van der Waals surface area contributed by atoms with Gasteiger partial charge in [0.25, 0.3) is 11.1 Å². The molecule has 1 rings (SSSR count). The SMILES string of the molecule is [CH]=C1SC(=O)N(CC(=O)O)C1=O. The number of carboxylic acid groups (broad SMARTS) is 1. The van der Waals surface area contributed by atoms with E-state index in [1.165, 1.54) is 0 Å². The Morgan fingerprint density at radius 1 is 1.58 bits per heavy atom. The van der Waals surface area contributed by atoms with Crippen molar-refractivity contribution in [3.8, 4) is 0 Å². The highest BCUT2D eigenvalue weighted by Crippen LogP contribution is 2.27. The van der Waals surface area contributed by atoms with Crippen molar-refractivity contribution in [3.63, 3.8) is 0 Å². The zero-order valence-electron chi connectivity index (χ0n) is 5.81. The molecule has 1 saturated heterocycles. The van der Waals surface area contributed by atoms with Gasteiger partial charge >= 0.3 is 5.97 Å². The van der Waals surface area contributed by atoms with E-state index < -0.39 is 23.7 Å². The average molecular weight is 186 g/mol. The molecule has 63 valence electrons. The number of nitrogens with zero attached hydrogens (tertiary/aromatic N) is 1. The number of aliphatic carboxylic acids is 1. The molecule has 0 aromatic rings. The number of amides is 2. The van der Waals surface area contributed by atoms with Gasteiger partial charge < -0.3 is 5.11 Å². The van der Waals surface area contributed by atoms with Crippen LogP contribution in [0.3, 0.4) is 0 Å². The molecular weight excluding hydrogens is 182 g/mol. The van der Waals surface area contributed by atoms with Crippen LogP contribution in [0.2, 0.25) is 0 Å². The third kappa shape index (κ3) is 1.48. The second kappa shape index (κ2) is 2.98. The highest BCUT2D eigenvalue weighted by atomic mass is 32.2. The van der Waals surface area contributed by atoms with Crippen molar-refractivity contribution in [2.24, 2.45) is 0 Å². The molecule has 1 radical (unpaired) electrons. The van der Waals surface area contributed by atoms with E-state index in [9.17, 15) is 14.4 Å². The van der Waals surface area contributed by atoms with Gasteiger partial charge in [-0.3, -0.25) is 19.3 Å². The highest BCUT2D eigenvalue weighted by Gasteiger charge is 2.34. The zero-order valence-corrected chi connectivity index (χ0v) is 6.63. The fraction of sp³-hybridized carbons (Fsp3) is 0.167. The Labute approximate surface area is 72.0 Å². The summed E-state index contributed by atoms with van der Waals surface area (Å²) < 4.78 is 0. The molecule has 12 heavy (non-hydrogen) atoms. The first kappa shape index (κ1) is 8.79. The van der Waals surface area contributed by atoms with Crippen LogP contribution in [-0.2, 0) is 9.59 Å². The third-order valence-corrected chi connectivity index (χ3v) is 1.96. The van der Waals surface area contributed by atoms with E-state index in [2.05, 4.69) is 0 Å². The monoisotopic (exact) mass is 186 g/mol. The number of carbonyl (C=O) groups excluding carboxylic acids is 2. The second-order valence-corrected chi connectivity index (χ2v) is 3.01. The van der Waals surface area contributed by atoms with Gasteiger partial charge in [0.1, 0.15) is 6.54 Å². The molecule has 0 atom stereocenters. The van der Waals surface area contributed by atoms with Crippen molar-refractivity contribution in [2.75, 3.05) is 6.54 Å². The lowest BCUT2D eigenvalue weighted by molar-refractivity contribution is -0.140. The summed E-state index contributed by atoms with van der Waals surface area (Å²) in [5.41, 5.74) is 0. The van der Waals surface area contributed by atoms with Crippen LogP contribution in [0.15, 0.2) is 4.91 Å². The fourth-order valence-electron chi connectivity index (χ4n) is 0.680. The largest absolute Gasteiger partial charge is 0.480 e. The molecule has 0 spiro atoms. The van der Waals surface area contributed by atoms with Gasteiger partial charge in [-0.05, 0) is 18.3 Å². The number of hydrogen-bond acceptors (Lipinski definition) is 4. The van der Waals surface area contributed by atoms with E-state index >= 15 is 0 Å². The van der Waals surface area contributed by atoms with Gasteiger partial charge in [-0.25, -0.2) is 0 Å². The number of imide groups is 1. The van der Waals surface area contributed by atoms with Gasteiger partial charge in [0.05, 0.1) is 4.91 Å². The van der Waals surface area contributed by atoms with Gasteiger partial charge in [0.15, 0.2) is 0 Å². The highest BCUT2D eigenvalue weighted by molar-refractivity contribution is 8.18. The first-order chi connectivity index (χ1) is 5.52. The maximum atomic E-state index is 10.9. The predicted molar refractivity (Wildman–Crippen MR) is 40.1 cm³/mol. The van der Waals surface area contributed by atoms with Crippen LogP contribution in [0.1, 0.15) is 0 Å². The summed E-state index contributed by atoms with van der Waals surface area (Å²) in [5.74, 6) is -1.97. The quantitative estimate of drug-likeness (QED) is 0.618.